The second-order valence-electron chi connectivity index (χ2n) is 6.74. The van der Waals surface area contributed by atoms with Gasteiger partial charge in [0.25, 0.3) is 5.91 Å². The van der Waals surface area contributed by atoms with Gasteiger partial charge in [-0.15, -0.1) is 0 Å². The summed E-state index contributed by atoms with van der Waals surface area (Å²) in [5.41, 5.74) is 3.41. The van der Waals surface area contributed by atoms with E-state index in [4.69, 9.17) is 4.74 Å². The van der Waals surface area contributed by atoms with E-state index in [9.17, 15) is 13.2 Å². The number of ether oxygens (including phenoxy) is 1. The molecule has 0 spiro atoms. The van der Waals surface area contributed by atoms with Gasteiger partial charge in [0.05, 0.1) is 18.5 Å². The number of hydrogen-bond donors (Lipinski definition) is 0. The van der Waals surface area contributed by atoms with Gasteiger partial charge in [0, 0.05) is 12.2 Å². The highest BCUT2D eigenvalue weighted by Gasteiger charge is 2.38. The molecular weight excluding hydrogens is 352 g/mol. The quantitative estimate of drug-likeness (QED) is 0.810. The van der Waals surface area contributed by atoms with Crippen molar-refractivity contribution in [3.05, 3.63) is 53.6 Å². The zero-order valence-corrected chi connectivity index (χ0v) is 15.5. The van der Waals surface area contributed by atoms with E-state index >= 15 is 0 Å². The van der Waals surface area contributed by atoms with Gasteiger partial charge in [-0.3, -0.25) is 9.10 Å². The van der Waals surface area contributed by atoms with E-state index in [-0.39, 0.29) is 12.5 Å². The zero-order valence-electron chi connectivity index (χ0n) is 14.7. The number of aryl methyl sites for hydroxylation is 1. The van der Waals surface area contributed by atoms with Crippen LogP contribution < -0.4 is 13.9 Å². The van der Waals surface area contributed by atoms with Crippen molar-refractivity contribution >= 4 is 27.3 Å². The lowest BCUT2D eigenvalue weighted by Crippen LogP contribution is -2.51. The molecule has 7 heteroatoms. The van der Waals surface area contributed by atoms with Gasteiger partial charge < -0.3 is 9.64 Å². The lowest BCUT2D eigenvalue weighted by atomic mass is 10.1. The fourth-order valence-corrected chi connectivity index (χ4v) is 4.45. The number of carbonyl (C=O) groups is 1. The number of carbonyl (C=O) groups excluding carboxylic acids is 1. The van der Waals surface area contributed by atoms with Crippen molar-refractivity contribution in [2.75, 3.05) is 28.6 Å². The molecule has 6 nitrogen and oxygen atoms in total. The molecule has 2 aromatic rings. The van der Waals surface area contributed by atoms with E-state index in [1.54, 1.807) is 17.0 Å². The standard InChI is InChI=1S/C19H20N2O4S/c1-13-7-8-17-16(11-13)21(26(2,23)24)12-18(25-17)19(22)20-10-9-14-5-3-4-6-15(14)20/h3-8,11,18H,9-10,12H2,1-2H3. The Morgan fingerprint density at radius 3 is 2.69 bits per heavy atom. The van der Waals surface area contributed by atoms with Crippen LogP contribution in [-0.2, 0) is 21.2 Å². The van der Waals surface area contributed by atoms with Crippen molar-refractivity contribution in [3.63, 3.8) is 0 Å². The highest BCUT2D eigenvalue weighted by molar-refractivity contribution is 7.92. The molecule has 2 aliphatic heterocycles. The third-order valence-electron chi connectivity index (χ3n) is 4.81. The Morgan fingerprint density at radius 2 is 1.92 bits per heavy atom. The number of nitrogens with zero attached hydrogens (tertiary/aromatic N) is 2. The fraction of sp³-hybridized carbons (Fsp3) is 0.316. The van der Waals surface area contributed by atoms with Crippen molar-refractivity contribution < 1.29 is 17.9 Å². The van der Waals surface area contributed by atoms with E-state index in [0.29, 0.717) is 18.0 Å². The Balaban J connectivity index is 1.69. The highest BCUT2D eigenvalue weighted by atomic mass is 32.2. The second kappa shape index (κ2) is 6.02. The van der Waals surface area contributed by atoms with Gasteiger partial charge in [-0.05, 0) is 42.7 Å². The smallest absolute Gasteiger partial charge is 0.269 e. The van der Waals surface area contributed by atoms with Gasteiger partial charge >= 0.3 is 0 Å². The molecule has 1 unspecified atom stereocenters. The molecule has 1 atom stereocenters. The van der Waals surface area contributed by atoms with E-state index in [0.717, 1.165) is 29.5 Å². The molecule has 136 valence electrons. The monoisotopic (exact) mass is 372 g/mol. The van der Waals surface area contributed by atoms with Crippen LogP contribution in [0.2, 0.25) is 0 Å². The van der Waals surface area contributed by atoms with Crippen molar-refractivity contribution in [3.8, 4) is 5.75 Å². The number of amides is 1. The lowest BCUT2D eigenvalue weighted by molar-refractivity contribution is -0.125. The molecule has 0 saturated carbocycles. The molecular formula is C19H20N2O4S. The molecule has 26 heavy (non-hydrogen) atoms. The summed E-state index contributed by atoms with van der Waals surface area (Å²) in [5, 5.41) is 0. The number of rotatable bonds is 2. The van der Waals surface area contributed by atoms with Crippen LogP contribution in [-0.4, -0.2) is 39.8 Å². The van der Waals surface area contributed by atoms with E-state index in [2.05, 4.69) is 0 Å². The van der Waals surface area contributed by atoms with Gasteiger partial charge in [0.1, 0.15) is 5.75 Å². The van der Waals surface area contributed by atoms with Crippen LogP contribution in [0.4, 0.5) is 11.4 Å². The molecule has 1 amide bonds. The number of anilines is 2. The number of fused-ring (bicyclic) bond motifs is 2. The third kappa shape index (κ3) is 2.82. The molecule has 4 rings (SSSR count). The van der Waals surface area contributed by atoms with Crippen LogP contribution in [0.5, 0.6) is 5.75 Å². The first-order chi connectivity index (χ1) is 12.3. The fourth-order valence-electron chi connectivity index (χ4n) is 3.54. The summed E-state index contributed by atoms with van der Waals surface area (Å²) in [5.74, 6) is 0.202. The maximum Gasteiger partial charge on any atom is 0.269 e. The zero-order chi connectivity index (χ0) is 18.5. The molecule has 0 fully saturated rings. The summed E-state index contributed by atoms with van der Waals surface area (Å²) in [6.45, 7) is 2.45. The largest absolute Gasteiger partial charge is 0.476 e. The topological polar surface area (TPSA) is 66.9 Å². The van der Waals surface area contributed by atoms with Crippen molar-refractivity contribution in [2.24, 2.45) is 0 Å². The maximum atomic E-state index is 13.1. The van der Waals surface area contributed by atoms with Crippen LogP contribution in [0.3, 0.4) is 0 Å². The van der Waals surface area contributed by atoms with Gasteiger partial charge in [0.2, 0.25) is 10.0 Å². The number of para-hydroxylation sites is 1. The first-order valence-electron chi connectivity index (χ1n) is 8.49. The molecule has 2 aliphatic rings. The van der Waals surface area contributed by atoms with Crippen LogP contribution in [0.15, 0.2) is 42.5 Å². The third-order valence-corrected chi connectivity index (χ3v) is 5.96. The highest BCUT2D eigenvalue weighted by Crippen LogP contribution is 2.37. The first kappa shape index (κ1) is 16.9. The normalized spacial score (nSPS) is 18.9. The summed E-state index contributed by atoms with van der Waals surface area (Å²) in [6, 6.07) is 13.1. The van der Waals surface area contributed by atoms with E-state index < -0.39 is 16.1 Å². The minimum atomic E-state index is -3.52. The van der Waals surface area contributed by atoms with Gasteiger partial charge in [-0.1, -0.05) is 24.3 Å². The molecule has 0 saturated heterocycles. The minimum absolute atomic E-state index is 0.0210. The Morgan fingerprint density at radius 1 is 1.15 bits per heavy atom. The SMILES string of the molecule is Cc1ccc2c(c1)N(S(C)(=O)=O)CC(C(=O)N1CCc3ccccc31)O2. The summed E-state index contributed by atoms with van der Waals surface area (Å²) < 4.78 is 31.8. The predicted molar refractivity (Wildman–Crippen MR) is 100 cm³/mol. The maximum absolute atomic E-state index is 13.1. The summed E-state index contributed by atoms with van der Waals surface area (Å²) in [4.78, 5) is 14.8. The van der Waals surface area contributed by atoms with E-state index in [1.807, 2.05) is 37.3 Å². The Labute approximate surface area is 153 Å². The average Bonchev–Trinajstić information content (AvgIpc) is 3.03. The van der Waals surface area contributed by atoms with Gasteiger partial charge in [-0.25, -0.2) is 8.42 Å². The average molecular weight is 372 g/mol. The Bertz CT molecular complexity index is 987. The predicted octanol–water partition coefficient (Wildman–Crippen LogP) is 2.11. The molecule has 2 heterocycles. The minimum Gasteiger partial charge on any atom is -0.476 e. The number of benzene rings is 2. The van der Waals surface area contributed by atoms with Crippen molar-refractivity contribution in [1.82, 2.24) is 0 Å². The molecule has 0 aromatic heterocycles. The molecule has 0 aliphatic carbocycles. The Kier molecular flexibility index (Phi) is 3.91. The molecule has 2 aromatic carbocycles. The second-order valence-corrected chi connectivity index (χ2v) is 8.65. The van der Waals surface area contributed by atoms with Crippen LogP contribution in [0.1, 0.15) is 11.1 Å². The summed E-state index contributed by atoms with van der Waals surface area (Å²) in [7, 11) is -3.52. The summed E-state index contributed by atoms with van der Waals surface area (Å²) in [6.07, 6.45) is 1.07. The van der Waals surface area contributed by atoms with E-state index in [1.165, 1.54) is 4.31 Å². The lowest BCUT2D eigenvalue weighted by Gasteiger charge is -2.35. The van der Waals surface area contributed by atoms with Crippen molar-refractivity contribution in [2.45, 2.75) is 19.4 Å². The van der Waals surface area contributed by atoms with Crippen LogP contribution in [0, 0.1) is 6.92 Å². The number of hydrogen-bond acceptors (Lipinski definition) is 4. The van der Waals surface area contributed by atoms with Gasteiger partial charge in [0.15, 0.2) is 6.10 Å². The van der Waals surface area contributed by atoms with Crippen molar-refractivity contribution in [1.29, 1.82) is 0 Å². The Hall–Kier alpha value is -2.54. The molecule has 0 radical (unpaired) electrons. The van der Waals surface area contributed by atoms with Crippen LogP contribution >= 0.6 is 0 Å². The molecule has 0 bridgehead atoms. The van der Waals surface area contributed by atoms with Crippen LogP contribution in [0.25, 0.3) is 0 Å². The number of sulfonamides is 1. The first-order valence-corrected chi connectivity index (χ1v) is 10.3. The van der Waals surface area contributed by atoms with Gasteiger partial charge in [-0.2, -0.15) is 0 Å². The molecule has 0 N–H and O–H groups in total. The summed E-state index contributed by atoms with van der Waals surface area (Å²) >= 11 is 0.